The van der Waals surface area contributed by atoms with Gasteiger partial charge in [-0.05, 0) is 28.5 Å². The monoisotopic (exact) mass is 366 g/mol. The molecular weight excluding hydrogens is 344 g/mol. The predicted molar refractivity (Wildman–Crippen MR) is 105 cm³/mol. The number of aliphatic hydroxyl groups is 1. The average Bonchev–Trinajstić information content (AvgIpc) is 2.71. The van der Waals surface area contributed by atoms with Gasteiger partial charge in [0.1, 0.15) is 11.5 Å². The SMILES string of the molecule is COc1ccc(NC(=O)NCC(O)c2cccc3ccccc23)c(OC)c1. The van der Waals surface area contributed by atoms with Crippen LogP contribution in [0.2, 0.25) is 0 Å². The molecule has 0 spiro atoms. The first-order valence-electron chi connectivity index (χ1n) is 8.55. The van der Waals surface area contributed by atoms with Gasteiger partial charge in [-0.2, -0.15) is 0 Å². The van der Waals surface area contributed by atoms with E-state index in [4.69, 9.17) is 9.47 Å². The highest BCUT2D eigenvalue weighted by Gasteiger charge is 2.14. The minimum absolute atomic E-state index is 0.0817. The number of methoxy groups -OCH3 is 2. The molecule has 0 fully saturated rings. The smallest absolute Gasteiger partial charge is 0.319 e. The van der Waals surface area contributed by atoms with Gasteiger partial charge in [-0.1, -0.05) is 42.5 Å². The summed E-state index contributed by atoms with van der Waals surface area (Å²) in [6, 6.07) is 18.2. The molecule has 6 heteroatoms. The second-order valence-corrected chi connectivity index (χ2v) is 5.99. The number of benzene rings is 3. The van der Waals surface area contributed by atoms with Crippen LogP contribution in [0.4, 0.5) is 10.5 Å². The van der Waals surface area contributed by atoms with Gasteiger partial charge in [-0.3, -0.25) is 0 Å². The molecule has 3 N–H and O–H groups in total. The molecule has 3 aromatic carbocycles. The van der Waals surface area contributed by atoms with Gasteiger partial charge in [0.2, 0.25) is 0 Å². The number of amides is 2. The van der Waals surface area contributed by atoms with E-state index in [2.05, 4.69) is 10.6 Å². The fourth-order valence-corrected chi connectivity index (χ4v) is 2.91. The van der Waals surface area contributed by atoms with Gasteiger partial charge < -0.3 is 25.2 Å². The number of fused-ring (bicyclic) bond motifs is 1. The van der Waals surface area contributed by atoms with Crippen LogP contribution < -0.4 is 20.1 Å². The average molecular weight is 366 g/mol. The molecular formula is C21H22N2O4. The number of hydrogen-bond donors (Lipinski definition) is 3. The lowest BCUT2D eigenvalue weighted by molar-refractivity contribution is 0.176. The van der Waals surface area contributed by atoms with Crippen LogP contribution in [0.25, 0.3) is 10.8 Å². The Labute approximate surface area is 157 Å². The molecule has 0 saturated heterocycles. The Morgan fingerprint density at radius 2 is 1.81 bits per heavy atom. The highest BCUT2D eigenvalue weighted by molar-refractivity contribution is 5.91. The van der Waals surface area contributed by atoms with Crippen LogP contribution >= 0.6 is 0 Å². The van der Waals surface area contributed by atoms with Crippen molar-refractivity contribution in [3.63, 3.8) is 0 Å². The van der Waals surface area contributed by atoms with Gasteiger partial charge in [0, 0.05) is 12.6 Å². The number of nitrogens with one attached hydrogen (secondary N) is 2. The van der Waals surface area contributed by atoms with E-state index in [0.717, 1.165) is 16.3 Å². The van der Waals surface area contributed by atoms with Crippen molar-refractivity contribution in [3.05, 3.63) is 66.2 Å². The largest absolute Gasteiger partial charge is 0.497 e. The molecule has 1 unspecified atom stereocenters. The number of ether oxygens (including phenoxy) is 2. The number of carbonyl (C=O) groups excluding carboxylic acids is 1. The summed E-state index contributed by atoms with van der Waals surface area (Å²) >= 11 is 0. The number of anilines is 1. The molecule has 3 rings (SSSR count). The number of carbonyl (C=O) groups is 1. The number of rotatable bonds is 6. The highest BCUT2D eigenvalue weighted by atomic mass is 16.5. The molecule has 0 aromatic heterocycles. The Kier molecular flexibility index (Phi) is 5.78. The molecule has 2 amide bonds. The maximum absolute atomic E-state index is 12.2. The Bertz CT molecular complexity index is 937. The molecule has 1 atom stereocenters. The Morgan fingerprint density at radius 3 is 2.59 bits per heavy atom. The first-order chi connectivity index (χ1) is 13.1. The van der Waals surface area contributed by atoms with Crippen LogP contribution in [0.15, 0.2) is 60.7 Å². The van der Waals surface area contributed by atoms with Gasteiger partial charge in [-0.25, -0.2) is 4.79 Å². The van der Waals surface area contributed by atoms with Crippen molar-refractivity contribution in [1.29, 1.82) is 0 Å². The minimum atomic E-state index is -0.820. The first kappa shape index (κ1) is 18.5. The maximum atomic E-state index is 12.2. The van der Waals surface area contributed by atoms with E-state index in [0.29, 0.717) is 17.2 Å². The molecule has 0 bridgehead atoms. The maximum Gasteiger partial charge on any atom is 0.319 e. The summed E-state index contributed by atoms with van der Waals surface area (Å²) in [4.78, 5) is 12.2. The van der Waals surface area contributed by atoms with Crippen LogP contribution in [0.3, 0.4) is 0 Å². The number of hydrogen-bond acceptors (Lipinski definition) is 4. The molecule has 0 aliphatic heterocycles. The lowest BCUT2D eigenvalue weighted by Crippen LogP contribution is -2.32. The second-order valence-electron chi connectivity index (χ2n) is 5.99. The molecule has 6 nitrogen and oxygen atoms in total. The summed E-state index contributed by atoms with van der Waals surface area (Å²) < 4.78 is 10.4. The Morgan fingerprint density at radius 1 is 1.04 bits per heavy atom. The predicted octanol–water partition coefficient (Wildman–Crippen LogP) is 3.71. The summed E-state index contributed by atoms with van der Waals surface area (Å²) in [5, 5.41) is 17.9. The molecule has 0 aliphatic carbocycles. The fraction of sp³-hybridized carbons (Fsp3) is 0.190. The van der Waals surface area contributed by atoms with E-state index in [1.807, 2.05) is 42.5 Å². The Hall–Kier alpha value is -3.25. The van der Waals surface area contributed by atoms with E-state index in [1.165, 1.54) is 7.11 Å². The molecule has 0 radical (unpaired) electrons. The van der Waals surface area contributed by atoms with Crippen LogP contribution in [0.5, 0.6) is 11.5 Å². The van der Waals surface area contributed by atoms with Gasteiger partial charge in [0.25, 0.3) is 0 Å². The quantitative estimate of drug-likeness (QED) is 0.621. The third kappa shape index (κ3) is 4.30. The second kappa shape index (κ2) is 8.42. The molecule has 0 aliphatic rings. The van der Waals surface area contributed by atoms with Gasteiger partial charge in [0.15, 0.2) is 0 Å². The molecule has 140 valence electrons. The zero-order chi connectivity index (χ0) is 19.2. The van der Waals surface area contributed by atoms with E-state index < -0.39 is 12.1 Å². The zero-order valence-corrected chi connectivity index (χ0v) is 15.2. The summed E-state index contributed by atoms with van der Waals surface area (Å²) in [6.45, 7) is 0.0817. The van der Waals surface area contributed by atoms with E-state index in [9.17, 15) is 9.90 Å². The van der Waals surface area contributed by atoms with Crippen LogP contribution in [-0.4, -0.2) is 31.9 Å². The van der Waals surface area contributed by atoms with Gasteiger partial charge in [-0.15, -0.1) is 0 Å². The standard InChI is InChI=1S/C21H22N2O4/c1-26-15-10-11-18(20(12-15)27-2)23-21(25)22-13-19(24)17-9-5-7-14-6-3-4-8-16(14)17/h3-12,19,24H,13H2,1-2H3,(H2,22,23,25). The minimum Gasteiger partial charge on any atom is -0.497 e. The molecule has 3 aromatic rings. The van der Waals surface area contributed by atoms with Crippen molar-refractivity contribution < 1.29 is 19.4 Å². The van der Waals surface area contributed by atoms with Gasteiger partial charge >= 0.3 is 6.03 Å². The van der Waals surface area contributed by atoms with Crippen LogP contribution in [0, 0.1) is 0 Å². The summed E-state index contributed by atoms with van der Waals surface area (Å²) in [6.07, 6.45) is -0.820. The zero-order valence-electron chi connectivity index (χ0n) is 15.2. The van der Waals surface area contributed by atoms with Gasteiger partial charge in [0.05, 0.1) is 26.0 Å². The number of aliphatic hydroxyl groups excluding tert-OH is 1. The molecule has 0 saturated carbocycles. The molecule has 0 heterocycles. The third-order valence-electron chi connectivity index (χ3n) is 4.30. The van der Waals surface area contributed by atoms with Crippen molar-refractivity contribution in [2.45, 2.75) is 6.10 Å². The normalized spacial score (nSPS) is 11.7. The third-order valence-corrected chi connectivity index (χ3v) is 4.30. The van der Waals surface area contributed by atoms with E-state index >= 15 is 0 Å². The summed E-state index contributed by atoms with van der Waals surface area (Å²) in [7, 11) is 3.07. The van der Waals surface area contributed by atoms with Crippen LogP contribution in [-0.2, 0) is 0 Å². The van der Waals surface area contributed by atoms with Crippen molar-refractivity contribution in [2.75, 3.05) is 26.1 Å². The van der Waals surface area contributed by atoms with Crippen molar-refractivity contribution >= 4 is 22.5 Å². The topological polar surface area (TPSA) is 79.8 Å². The lowest BCUT2D eigenvalue weighted by Gasteiger charge is -2.16. The first-order valence-corrected chi connectivity index (χ1v) is 8.55. The number of urea groups is 1. The highest BCUT2D eigenvalue weighted by Crippen LogP contribution is 2.29. The molecule has 27 heavy (non-hydrogen) atoms. The van der Waals surface area contributed by atoms with Crippen LogP contribution in [0.1, 0.15) is 11.7 Å². The summed E-state index contributed by atoms with van der Waals surface area (Å²) in [5.74, 6) is 1.11. The Balaban J connectivity index is 1.65. The van der Waals surface area contributed by atoms with Crippen molar-refractivity contribution in [1.82, 2.24) is 5.32 Å². The van der Waals surface area contributed by atoms with Crippen molar-refractivity contribution in [2.24, 2.45) is 0 Å². The van der Waals surface area contributed by atoms with E-state index in [1.54, 1.807) is 25.3 Å². The van der Waals surface area contributed by atoms with Crippen molar-refractivity contribution in [3.8, 4) is 11.5 Å². The van der Waals surface area contributed by atoms with E-state index in [-0.39, 0.29) is 6.54 Å². The lowest BCUT2D eigenvalue weighted by atomic mass is 10.0. The fourth-order valence-electron chi connectivity index (χ4n) is 2.91. The summed E-state index contributed by atoms with van der Waals surface area (Å²) in [5.41, 5.74) is 1.28.